The molecule has 2 N–H and O–H groups in total. The quantitative estimate of drug-likeness (QED) is 0.842. The average molecular weight is 332 g/mol. The molecule has 1 aromatic rings. The molecular weight excluding hydrogens is 317 g/mol. The summed E-state index contributed by atoms with van der Waals surface area (Å²) in [6, 6.07) is 1.30. The first kappa shape index (κ1) is 16.2. The van der Waals surface area contributed by atoms with Crippen molar-refractivity contribution in [2.24, 2.45) is 0 Å². The highest BCUT2D eigenvalue weighted by atomic mass is 35.5. The second-order valence-corrected chi connectivity index (χ2v) is 7.97. The van der Waals surface area contributed by atoms with Crippen LogP contribution < -0.4 is 4.72 Å². The summed E-state index contributed by atoms with van der Waals surface area (Å²) in [6.07, 6.45) is 0.925. The number of hydrogen-bond acceptors (Lipinski definition) is 4. The fourth-order valence-electron chi connectivity index (χ4n) is 1.32. The predicted octanol–water partition coefficient (Wildman–Crippen LogP) is 2.88. The third-order valence-corrected chi connectivity index (χ3v) is 5.98. The van der Waals surface area contributed by atoms with Crippen molar-refractivity contribution in [3.05, 3.63) is 14.7 Å². The molecular formula is C10H15Cl2NO3S2. The van der Waals surface area contributed by atoms with Crippen LogP contribution >= 0.6 is 34.5 Å². The van der Waals surface area contributed by atoms with Crippen molar-refractivity contribution in [3.63, 3.8) is 0 Å². The highest BCUT2D eigenvalue weighted by Gasteiger charge is 2.27. The van der Waals surface area contributed by atoms with Crippen molar-refractivity contribution in [2.45, 2.75) is 37.2 Å². The second kappa shape index (κ2) is 6.07. The van der Waals surface area contributed by atoms with Crippen LogP contribution in [0.3, 0.4) is 0 Å². The minimum Gasteiger partial charge on any atom is -0.389 e. The minimum absolute atomic E-state index is 0.0475. The lowest BCUT2D eigenvalue weighted by Gasteiger charge is -2.25. The molecule has 0 aliphatic rings. The molecule has 0 unspecified atom stereocenters. The first-order valence-corrected chi connectivity index (χ1v) is 8.46. The molecule has 18 heavy (non-hydrogen) atoms. The first-order chi connectivity index (χ1) is 8.24. The van der Waals surface area contributed by atoms with Gasteiger partial charge in [-0.2, -0.15) is 0 Å². The van der Waals surface area contributed by atoms with Gasteiger partial charge < -0.3 is 5.11 Å². The maximum Gasteiger partial charge on any atom is 0.243 e. The predicted molar refractivity (Wildman–Crippen MR) is 75.1 cm³/mol. The Morgan fingerprint density at radius 2 is 1.94 bits per heavy atom. The SMILES string of the molecule is CCC(O)(CC)CNS(=O)(=O)c1cc(Cl)sc1Cl. The van der Waals surface area contributed by atoms with Crippen LogP contribution in [0.5, 0.6) is 0 Å². The first-order valence-electron chi connectivity index (χ1n) is 5.41. The zero-order valence-corrected chi connectivity index (χ0v) is 13.2. The molecule has 0 radical (unpaired) electrons. The number of rotatable bonds is 6. The van der Waals surface area contributed by atoms with E-state index in [9.17, 15) is 13.5 Å². The molecule has 0 aliphatic carbocycles. The van der Waals surface area contributed by atoms with Gasteiger partial charge in [-0.05, 0) is 18.9 Å². The van der Waals surface area contributed by atoms with Crippen LogP contribution in [0, 0.1) is 0 Å². The summed E-state index contributed by atoms with van der Waals surface area (Å²) in [6.45, 7) is 3.55. The standard InChI is InChI=1S/C10H15Cl2NO3S2/c1-3-10(14,4-2)6-13-18(15,16)7-5-8(11)17-9(7)12/h5,13-14H,3-4,6H2,1-2H3. The molecule has 4 nitrogen and oxygen atoms in total. The molecule has 0 saturated carbocycles. The van der Waals surface area contributed by atoms with E-state index in [0.717, 1.165) is 11.3 Å². The van der Waals surface area contributed by atoms with Gasteiger partial charge >= 0.3 is 0 Å². The Morgan fingerprint density at radius 3 is 2.33 bits per heavy atom. The van der Waals surface area contributed by atoms with Gasteiger partial charge in [0.05, 0.1) is 9.94 Å². The van der Waals surface area contributed by atoms with E-state index in [-0.39, 0.29) is 15.8 Å². The fraction of sp³-hybridized carbons (Fsp3) is 0.600. The Morgan fingerprint density at radius 1 is 1.39 bits per heavy atom. The van der Waals surface area contributed by atoms with Gasteiger partial charge in [-0.1, -0.05) is 37.0 Å². The minimum atomic E-state index is -3.74. The Labute approximate surface area is 121 Å². The van der Waals surface area contributed by atoms with Gasteiger partial charge in [0.25, 0.3) is 0 Å². The zero-order valence-electron chi connectivity index (χ0n) is 10.0. The van der Waals surface area contributed by atoms with Crippen molar-refractivity contribution >= 4 is 44.6 Å². The third-order valence-electron chi connectivity index (χ3n) is 2.82. The topological polar surface area (TPSA) is 66.4 Å². The highest BCUT2D eigenvalue weighted by Crippen LogP contribution is 2.34. The number of halogens is 2. The monoisotopic (exact) mass is 331 g/mol. The molecule has 1 aromatic heterocycles. The molecule has 104 valence electrons. The molecule has 0 amide bonds. The number of thiophene rings is 1. The Hall–Kier alpha value is 0.150. The summed E-state index contributed by atoms with van der Waals surface area (Å²) in [4.78, 5) is -0.0475. The van der Waals surface area contributed by atoms with E-state index in [4.69, 9.17) is 23.2 Å². The van der Waals surface area contributed by atoms with E-state index in [2.05, 4.69) is 4.72 Å². The fourth-order valence-corrected chi connectivity index (χ4v) is 4.58. The van der Waals surface area contributed by atoms with Crippen LogP contribution in [0.15, 0.2) is 11.0 Å². The maximum absolute atomic E-state index is 12.0. The molecule has 8 heteroatoms. The Kier molecular flexibility index (Phi) is 5.46. The van der Waals surface area contributed by atoms with Crippen molar-refractivity contribution < 1.29 is 13.5 Å². The number of nitrogens with one attached hydrogen (secondary N) is 1. The smallest absolute Gasteiger partial charge is 0.243 e. The van der Waals surface area contributed by atoms with Crippen LogP contribution in [-0.4, -0.2) is 25.7 Å². The number of aliphatic hydroxyl groups is 1. The molecule has 0 saturated heterocycles. The molecule has 0 aliphatic heterocycles. The summed E-state index contributed by atoms with van der Waals surface area (Å²) in [5, 5.41) is 10.0. The van der Waals surface area contributed by atoms with Gasteiger partial charge in [-0.15, -0.1) is 11.3 Å². The molecule has 0 atom stereocenters. The molecule has 0 aromatic carbocycles. The summed E-state index contributed by atoms with van der Waals surface area (Å²) in [5.41, 5.74) is -1.04. The lowest BCUT2D eigenvalue weighted by molar-refractivity contribution is 0.0377. The summed E-state index contributed by atoms with van der Waals surface area (Å²) >= 11 is 12.5. The summed E-state index contributed by atoms with van der Waals surface area (Å²) < 4.78 is 26.8. The van der Waals surface area contributed by atoms with Crippen molar-refractivity contribution in [1.82, 2.24) is 4.72 Å². The van der Waals surface area contributed by atoms with Crippen LogP contribution in [0.2, 0.25) is 8.67 Å². The molecule has 1 rings (SSSR count). The van der Waals surface area contributed by atoms with Crippen LogP contribution in [0.1, 0.15) is 26.7 Å². The molecule has 0 spiro atoms. The van der Waals surface area contributed by atoms with Crippen molar-refractivity contribution in [3.8, 4) is 0 Å². The molecule has 1 heterocycles. The van der Waals surface area contributed by atoms with E-state index in [1.165, 1.54) is 6.07 Å². The van der Waals surface area contributed by atoms with Gasteiger partial charge in [0.15, 0.2) is 0 Å². The lowest BCUT2D eigenvalue weighted by Crippen LogP contribution is -2.41. The Balaban J connectivity index is 2.87. The third kappa shape index (κ3) is 3.82. The highest BCUT2D eigenvalue weighted by molar-refractivity contribution is 7.89. The van der Waals surface area contributed by atoms with Gasteiger partial charge in [0, 0.05) is 6.54 Å². The van der Waals surface area contributed by atoms with Crippen molar-refractivity contribution in [2.75, 3.05) is 6.54 Å². The van der Waals surface area contributed by atoms with Gasteiger partial charge in [0.1, 0.15) is 9.23 Å². The van der Waals surface area contributed by atoms with Crippen LogP contribution in [0.25, 0.3) is 0 Å². The van der Waals surface area contributed by atoms with Crippen molar-refractivity contribution in [1.29, 1.82) is 0 Å². The maximum atomic E-state index is 12.0. The largest absolute Gasteiger partial charge is 0.389 e. The van der Waals surface area contributed by atoms with E-state index in [0.29, 0.717) is 17.2 Å². The Bertz CT molecular complexity index is 509. The molecule has 0 bridgehead atoms. The molecule has 0 fully saturated rings. The van der Waals surface area contributed by atoms with Gasteiger partial charge in [0.2, 0.25) is 10.0 Å². The van der Waals surface area contributed by atoms with E-state index < -0.39 is 15.6 Å². The summed E-state index contributed by atoms with van der Waals surface area (Å²) in [5.74, 6) is 0. The normalized spacial score (nSPS) is 12.9. The average Bonchev–Trinajstić information content (AvgIpc) is 2.66. The van der Waals surface area contributed by atoms with E-state index >= 15 is 0 Å². The second-order valence-electron chi connectivity index (χ2n) is 3.94. The lowest BCUT2D eigenvalue weighted by atomic mass is 9.98. The van der Waals surface area contributed by atoms with Gasteiger partial charge in [-0.25, -0.2) is 13.1 Å². The zero-order chi connectivity index (χ0) is 14.0. The number of sulfonamides is 1. The van der Waals surface area contributed by atoms with Gasteiger partial charge in [-0.3, -0.25) is 0 Å². The van der Waals surface area contributed by atoms with E-state index in [1.807, 2.05) is 0 Å². The summed E-state index contributed by atoms with van der Waals surface area (Å²) in [7, 11) is -3.74. The number of hydrogen-bond donors (Lipinski definition) is 2. The van der Waals surface area contributed by atoms with Crippen LogP contribution in [-0.2, 0) is 10.0 Å². The van der Waals surface area contributed by atoms with Crippen LogP contribution in [0.4, 0.5) is 0 Å². The van der Waals surface area contributed by atoms with E-state index in [1.54, 1.807) is 13.8 Å².